The molecule has 1 heterocycles. The molecule has 1 N–H and O–H groups in total. The second-order valence-corrected chi connectivity index (χ2v) is 5.33. The molecule has 0 radical (unpaired) electrons. The van der Waals surface area contributed by atoms with Crippen LogP contribution >= 0.6 is 0 Å². The minimum Gasteiger partial charge on any atom is -0.497 e. The second-order valence-electron chi connectivity index (χ2n) is 5.33. The minimum absolute atomic E-state index is 0.176. The molecule has 1 aromatic carbocycles. The van der Waals surface area contributed by atoms with Gasteiger partial charge < -0.3 is 14.8 Å². The van der Waals surface area contributed by atoms with E-state index < -0.39 is 5.54 Å². The van der Waals surface area contributed by atoms with E-state index in [2.05, 4.69) is 17.4 Å². The van der Waals surface area contributed by atoms with Gasteiger partial charge in [-0.15, -0.1) is 0 Å². The predicted molar refractivity (Wildman–Crippen MR) is 73.2 cm³/mol. The molecule has 4 nitrogen and oxygen atoms in total. The average Bonchev–Trinajstić information content (AvgIpc) is 2.81. The highest BCUT2D eigenvalue weighted by molar-refractivity contribution is 5.80. The number of esters is 1. The zero-order valence-electron chi connectivity index (χ0n) is 11.7. The van der Waals surface area contributed by atoms with Crippen LogP contribution < -0.4 is 10.1 Å². The smallest absolute Gasteiger partial charge is 0.325 e. The molecule has 0 saturated carbocycles. The molecular formula is C15H21NO3. The lowest BCUT2D eigenvalue weighted by atomic mass is 9.91. The summed E-state index contributed by atoms with van der Waals surface area (Å²) in [5.74, 6) is 1.15. The largest absolute Gasteiger partial charge is 0.497 e. The molecule has 19 heavy (non-hydrogen) atoms. The highest BCUT2D eigenvalue weighted by atomic mass is 16.5. The van der Waals surface area contributed by atoms with Crippen LogP contribution in [0.5, 0.6) is 5.75 Å². The summed E-state index contributed by atoms with van der Waals surface area (Å²) in [7, 11) is 3.10. The topological polar surface area (TPSA) is 47.6 Å². The van der Waals surface area contributed by atoms with Crippen molar-refractivity contribution in [2.75, 3.05) is 20.8 Å². The molecule has 1 aromatic rings. The maximum atomic E-state index is 11.7. The van der Waals surface area contributed by atoms with Crippen molar-refractivity contribution in [3.05, 3.63) is 29.8 Å². The molecule has 1 aliphatic rings. The van der Waals surface area contributed by atoms with Crippen LogP contribution in [0.25, 0.3) is 0 Å². The van der Waals surface area contributed by atoms with Crippen LogP contribution in [0.2, 0.25) is 0 Å². The number of rotatable bonds is 4. The number of nitrogens with one attached hydrogen (secondary N) is 1. The molecule has 2 unspecified atom stereocenters. The molecule has 104 valence electrons. The summed E-state index contributed by atoms with van der Waals surface area (Å²) in [4.78, 5) is 11.7. The van der Waals surface area contributed by atoms with Gasteiger partial charge in [0, 0.05) is 0 Å². The van der Waals surface area contributed by atoms with E-state index in [0.29, 0.717) is 5.92 Å². The highest BCUT2D eigenvalue weighted by Gasteiger charge is 2.41. The predicted octanol–water partition coefficient (Wildman–Crippen LogP) is 1.78. The molecule has 2 atom stereocenters. The number of methoxy groups -OCH3 is 2. The first-order chi connectivity index (χ1) is 9.07. The number of hydrogen-bond donors (Lipinski definition) is 1. The number of benzene rings is 1. The normalized spacial score (nSPS) is 26.2. The number of hydrogen-bond acceptors (Lipinski definition) is 4. The molecule has 4 heteroatoms. The van der Waals surface area contributed by atoms with Crippen molar-refractivity contribution in [1.29, 1.82) is 0 Å². The molecule has 1 fully saturated rings. The molecule has 2 rings (SSSR count). The van der Waals surface area contributed by atoms with Crippen molar-refractivity contribution in [3.63, 3.8) is 0 Å². The van der Waals surface area contributed by atoms with E-state index >= 15 is 0 Å². The standard InChI is InChI=1S/C15H21NO3/c1-15(14(17)19-3)9-12(10-16-15)8-11-4-6-13(18-2)7-5-11/h4-7,12,16H,8-10H2,1-3H3. The van der Waals surface area contributed by atoms with E-state index in [4.69, 9.17) is 9.47 Å². The Bertz CT molecular complexity index is 443. The SMILES string of the molecule is COC(=O)C1(C)CC(Cc2ccc(OC)cc2)CN1. The first kappa shape index (κ1) is 13.9. The summed E-state index contributed by atoms with van der Waals surface area (Å²) < 4.78 is 9.99. The molecule has 0 aromatic heterocycles. The third-order valence-corrected chi connectivity index (χ3v) is 3.80. The van der Waals surface area contributed by atoms with Crippen LogP contribution in [-0.2, 0) is 16.0 Å². The zero-order chi connectivity index (χ0) is 13.9. The van der Waals surface area contributed by atoms with Gasteiger partial charge in [0.15, 0.2) is 0 Å². The summed E-state index contributed by atoms with van der Waals surface area (Å²) in [5, 5.41) is 3.28. The molecule has 0 bridgehead atoms. The van der Waals surface area contributed by atoms with Crippen molar-refractivity contribution in [1.82, 2.24) is 5.32 Å². The minimum atomic E-state index is -0.536. The Morgan fingerprint density at radius 2 is 2.05 bits per heavy atom. The average molecular weight is 263 g/mol. The van der Waals surface area contributed by atoms with Gasteiger partial charge in [-0.2, -0.15) is 0 Å². The van der Waals surface area contributed by atoms with E-state index in [0.717, 1.165) is 25.1 Å². The number of carbonyl (C=O) groups is 1. The quantitative estimate of drug-likeness (QED) is 0.841. The first-order valence-electron chi connectivity index (χ1n) is 6.54. The third kappa shape index (κ3) is 3.07. The van der Waals surface area contributed by atoms with Crippen LogP contribution in [-0.4, -0.2) is 32.3 Å². The second kappa shape index (κ2) is 5.61. The molecule has 0 aliphatic carbocycles. The summed E-state index contributed by atoms with van der Waals surface area (Å²) in [6.07, 6.45) is 1.77. The lowest BCUT2D eigenvalue weighted by molar-refractivity contribution is -0.147. The molecule has 0 spiro atoms. The Morgan fingerprint density at radius 1 is 1.37 bits per heavy atom. The van der Waals surface area contributed by atoms with Gasteiger partial charge in [0.2, 0.25) is 0 Å². The van der Waals surface area contributed by atoms with Gasteiger partial charge in [0.25, 0.3) is 0 Å². The van der Waals surface area contributed by atoms with E-state index in [1.54, 1.807) is 7.11 Å². The Labute approximate surface area is 114 Å². The molecule has 1 aliphatic heterocycles. The van der Waals surface area contributed by atoms with Gasteiger partial charge in [-0.1, -0.05) is 12.1 Å². The summed E-state index contributed by atoms with van der Waals surface area (Å²) >= 11 is 0. The van der Waals surface area contributed by atoms with Crippen LogP contribution in [0.3, 0.4) is 0 Å². The van der Waals surface area contributed by atoms with Crippen molar-refractivity contribution >= 4 is 5.97 Å². The summed E-state index contributed by atoms with van der Waals surface area (Å²) in [6, 6.07) is 8.09. The Morgan fingerprint density at radius 3 is 2.63 bits per heavy atom. The van der Waals surface area contributed by atoms with E-state index in [9.17, 15) is 4.79 Å². The Balaban J connectivity index is 1.96. The fourth-order valence-corrected chi connectivity index (χ4v) is 2.71. The Hall–Kier alpha value is -1.55. The van der Waals surface area contributed by atoms with E-state index in [1.165, 1.54) is 12.7 Å². The Kier molecular flexibility index (Phi) is 4.10. The lowest BCUT2D eigenvalue weighted by Gasteiger charge is -2.20. The first-order valence-corrected chi connectivity index (χ1v) is 6.54. The summed E-state index contributed by atoms with van der Waals surface area (Å²) in [6.45, 7) is 2.75. The van der Waals surface area contributed by atoms with Crippen molar-refractivity contribution in [2.24, 2.45) is 5.92 Å². The fraction of sp³-hybridized carbons (Fsp3) is 0.533. The van der Waals surface area contributed by atoms with Gasteiger partial charge in [0.05, 0.1) is 14.2 Å². The maximum Gasteiger partial charge on any atom is 0.325 e. The molecule has 0 amide bonds. The van der Waals surface area contributed by atoms with Crippen molar-refractivity contribution in [2.45, 2.75) is 25.3 Å². The van der Waals surface area contributed by atoms with Crippen molar-refractivity contribution < 1.29 is 14.3 Å². The lowest BCUT2D eigenvalue weighted by Crippen LogP contribution is -2.45. The number of ether oxygens (including phenoxy) is 2. The van der Waals surface area contributed by atoms with Crippen molar-refractivity contribution in [3.8, 4) is 5.75 Å². The zero-order valence-corrected chi connectivity index (χ0v) is 11.7. The van der Waals surface area contributed by atoms with Crippen LogP contribution in [0.1, 0.15) is 18.9 Å². The van der Waals surface area contributed by atoms with Crippen LogP contribution in [0, 0.1) is 5.92 Å². The van der Waals surface area contributed by atoms with Gasteiger partial charge in [-0.3, -0.25) is 4.79 Å². The van der Waals surface area contributed by atoms with Crippen LogP contribution in [0.15, 0.2) is 24.3 Å². The monoisotopic (exact) mass is 263 g/mol. The number of carbonyl (C=O) groups excluding carboxylic acids is 1. The van der Waals surface area contributed by atoms with Gasteiger partial charge in [-0.05, 0) is 49.9 Å². The van der Waals surface area contributed by atoms with E-state index in [1.807, 2.05) is 19.1 Å². The van der Waals surface area contributed by atoms with Gasteiger partial charge in [0.1, 0.15) is 11.3 Å². The van der Waals surface area contributed by atoms with Gasteiger partial charge >= 0.3 is 5.97 Å². The molecular weight excluding hydrogens is 242 g/mol. The fourth-order valence-electron chi connectivity index (χ4n) is 2.71. The third-order valence-electron chi connectivity index (χ3n) is 3.80. The highest BCUT2D eigenvalue weighted by Crippen LogP contribution is 2.28. The van der Waals surface area contributed by atoms with Crippen LogP contribution in [0.4, 0.5) is 0 Å². The maximum absolute atomic E-state index is 11.7. The molecule has 1 saturated heterocycles. The summed E-state index contributed by atoms with van der Waals surface area (Å²) in [5.41, 5.74) is 0.730. The van der Waals surface area contributed by atoms with Gasteiger partial charge in [-0.25, -0.2) is 0 Å². The van der Waals surface area contributed by atoms with E-state index in [-0.39, 0.29) is 5.97 Å².